The van der Waals surface area contributed by atoms with Gasteiger partial charge in [-0.2, -0.15) is 4.98 Å². The molecule has 0 amide bonds. The van der Waals surface area contributed by atoms with E-state index in [4.69, 9.17) is 5.84 Å². The molecule has 6 heteroatoms. The molecular weight excluding hydrogens is 228 g/mol. The summed E-state index contributed by atoms with van der Waals surface area (Å²) >= 11 is 0. The highest BCUT2D eigenvalue weighted by Crippen LogP contribution is 2.22. The summed E-state index contributed by atoms with van der Waals surface area (Å²) in [6.07, 6.45) is 6.41. The van der Waals surface area contributed by atoms with Gasteiger partial charge in [-0.1, -0.05) is 0 Å². The Kier molecular flexibility index (Phi) is 2.71. The van der Waals surface area contributed by atoms with Crippen molar-refractivity contribution in [3.8, 4) is 5.82 Å². The lowest BCUT2D eigenvalue weighted by Crippen LogP contribution is -2.14. The Hall–Kier alpha value is -1.95. The number of rotatable bonds is 2. The SMILES string of the molecule is Cc1cc(-n2cnc3c2CCCC3)nc(NN)n1. The first-order chi connectivity index (χ1) is 8.78. The van der Waals surface area contributed by atoms with Gasteiger partial charge >= 0.3 is 0 Å². The largest absolute Gasteiger partial charge is 0.292 e. The highest BCUT2D eigenvalue weighted by Gasteiger charge is 2.17. The Balaban J connectivity index is 2.09. The Morgan fingerprint density at radius 1 is 1.28 bits per heavy atom. The number of anilines is 1. The number of nitrogen functional groups attached to an aromatic ring is 1. The minimum Gasteiger partial charge on any atom is -0.292 e. The van der Waals surface area contributed by atoms with E-state index in [-0.39, 0.29) is 0 Å². The molecule has 0 bridgehead atoms. The molecule has 0 fully saturated rings. The molecule has 18 heavy (non-hydrogen) atoms. The van der Waals surface area contributed by atoms with Crippen molar-refractivity contribution in [2.75, 3.05) is 5.43 Å². The van der Waals surface area contributed by atoms with Gasteiger partial charge in [-0.25, -0.2) is 15.8 Å². The zero-order chi connectivity index (χ0) is 12.5. The van der Waals surface area contributed by atoms with Gasteiger partial charge in [-0.15, -0.1) is 0 Å². The van der Waals surface area contributed by atoms with Gasteiger partial charge < -0.3 is 0 Å². The lowest BCUT2D eigenvalue weighted by molar-refractivity contribution is 0.654. The van der Waals surface area contributed by atoms with E-state index in [0.717, 1.165) is 24.4 Å². The maximum atomic E-state index is 5.38. The predicted molar refractivity (Wildman–Crippen MR) is 68.3 cm³/mol. The third kappa shape index (κ3) is 1.84. The second-order valence-corrected chi connectivity index (χ2v) is 4.55. The van der Waals surface area contributed by atoms with E-state index < -0.39 is 0 Å². The smallest absolute Gasteiger partial charge is 0.239 e. The standard InChI is InChI=1S/C12H16N6/c1-8-6-11(16-12(15-8)17-13)18-7-14-9-4-2-3-5-10(9)18/h6-7H,2-5,13H2,1H3,(H,15,16,17). The van der Waals surface area contributed by atoms with Crippen LogP contribution in [0.25, 0.3) is 5.82 Å². The molecule has 0 aliphatic heterocycles. The summed E-state index contributed by atoms with van der Waals surface area (Å²) < 4.78 is 2.05. The van der Waals surface area contributed by atoms with Crippen molar-refractivity contribution in [2.24, 2.45) is 5.84 Å². The monoisotopic (exact) mass is 244 g/mol. The maximum Gasteiger partial charge on any atom is 0.239 e. The van der Waals surface area contributed by atoms with Crippen molar-refractivity contribution < 1.29 is 0 Å². The molecule has 0 spiro atoms. The molecule has 0 saturated carbocycles. The normalized spacial score (nSPS) is 14.3. The second-order valence-electron chi connectivity index (χ2n) is 4.55. The molecule has 3 N–H and O–H groups in total. The number of hydrogen-bond donors (Lipinski definition) is 2. The zero-order valence-electron chi connectivity index (χ0n) is 10.3. The number of nitrogens with two attached hydrogens (primary N) is 1. The molecule has 94 valence electrons. The van der Waals surface area contributed by atoms with Crippen molar-refractivity contribution >= 4 is 5.95 Å². The molecule has 2 heterocycles. The topological polar surface area (TPSA) is 81.7 Å². The number of aromatic nitrogens is 4. The summed E-state index contributed by atoms with van der Waals surface area (Å²) in [5, 5.41) is 0. The lowest BCUT2D eigenvalue weighted by atomic mass is 10.0. The number of fused-ring (bicyclic) bond motifs is 1. The molecule has 6 nitrogen and oxygen atoms in total. The van der Waals surface area contributed by atoms with E-state index in [1.54, 1.807) is 0 Å². The lowest BCUT2D eigenvalue weighted by Gasteiger charge is -2.14. The van der Waals surface area contributed by atoms with Crippen molar-refractivity contribution in [2.45, 2.75) is 32.6 Å². The minimum atomic E-state index is 0.434. The first kappa shape index (κ1) is 11.2. The summed E-state index contributed by atoms with van der Waals surface area (Å²) in [7, 11) is 0. The van der Waals surface area contributed by atoms with Gasteiger partial charge in [0, 0.05) is 17.5 Å². The second kappa shape index (κ2) is 4.38. The number of imidazole rings is 1. The number of hydrogen-bond acceptors (Lipinski definition) is 5. The highest BCUT2D eigenvalue weighted by molar-refractivity contribution is 5.36. The number of aryl methyl sites for hydroxylation is 2. The van der Waals surface area contributed by atoms with Gasteiger partial charge in [0.25, 0.3) is 0 Å². The molecule has 3 rings (SSSR count). The average Bonchev–Trinajstić information content (AvgIpc) is 2.81. The molecule has 0 saturated heterocycles. The highest BCUT2D eigenvalue weighted by atomic mass is 15.3. The fourth-order valence-corrected chi connectivity index (χ4v) is 2.41. The maximum absolute atomic E-state index is 5.38. The Morgan fingerprint density at radius 3 is 2.94 bits per heavy atom. The van der Waals surface area contributed by atoms with Crippen LogP contribution in [0.2, 0.25) is 0 Å². The van der Waals surface area contributed by atoms with Gasteiger partial charge in [0.2, 0.25) is 5.95 Å². The van der Waals surface area contributed by atoms with Crippen molar-refractivity contribution in [1.29, 1.82) is 0 Å². The molecule has 0 unspecified atom stereocenters. The van der Waals surface area contributed by atoms with Crippen LogP contribution in [0.15, 0.2) is 12.4 Å². The summed E-state index contributed by atoms with van der Waals surface area (Å²) in [5.41, 5.74) is 5.84. The Labute approximate surface area is 105 Å². The van der Waals surface area contributed by atoms with Gasteiger partial charge in [-0.3, -0.25) is 9.99 Å². The average molecular weight is 244 g/mol. The van der Waals surface area contributed by atoms with E-state index in [9.17, 15) is 0 Å². The summed E-state index contributed by atoms with van der Waals surface area (Å²) in [6.45, 7) is 1.93. The summed E-state index contributed by atoms with van der Waals surface area (Å²) in [6, 6.07) is 1.94. The van der Waals surface area contributed by atoms with Gasteiger partial charge in [0.05, 0.1) is 5.69 Å². The van der Waals surface area contributed by atoms with Crippen molar-refractivity contribution in [3.63, 3.8) is 0 Å². The fraction of sp³-hybridized carbons (Fsp3) is 0.417. The quantitative estimate of drug-likeness (QED) is 0.611. The number of hydrazine groups is 1. The third-order valence-electron chi connectivity index (χ3n) is 3.25. The van der Waals surface area contributed by atoms with E-state index in [1.165, 1.54) is 24.2 Å². The van der Waals surface area contributed by atoms with Crippen LogP contribution in [-0.4, -0.2) is 19.5 Å². The molecule has 0 atom stereocenters. The molecule has 0 radical (unpaired) electrons. The van der Waals surface area contributed by atoms with Crippen LogP contribution in [0, 0.1) is 6.92 Å². The zero-order valence-corrected chi connectivity index (χ0v) is 10.3. The fourth-order valence-electron chi connectivity index (χ4n) is 2.41. The van der Waals surface area contributed by atoms with Crippen LogP contribution in [-0.2, 0) is 12.8 Å². The number of nitrogens with one attached hydrogen (secondary N) is 1. The molecular formula is C12H16N6. The first-order valence-electron chi connectivity index (χ1n) is 6.15. The van der Waals surface area contributed by atoms with Gasteiger partial charge in [-0.05, 0) is 32.6 Å². The van der Waals surface area contributed by atoms with Crippen LogP contribution in [0.3, 0.4) is 0 Å². The summed E-state index contributed by atoms with van der Waals surface area (Å²) in [5.74, 6) is 6.64. The minimum absolute atomic E-state index is 0.434. The van der Waals surface area contributed by atoms with E-state index in [1.807, 2.05) is 23.9 Å². The van der Waals surface area contributed by atoms with Crippen LogP contribution in [0.1, 0.15) is 29.9 Å². The van der Waals surface area contributed by atoms with E-state index in [0.29, 0.717) is 5.95 Å². The predicted octanol–water partition coefficient (Wildman–Crippen LogP) is 1.14. The Bertz CT molecular complexity index is 574. The van der Waals surface area contributed by atoms with Gasteiger partial charge in [0.15, 0.2) is 0 Å². The van der Waals surface area contributed by atoms with Gasteiger partial charge in [0.1, 0.15) is 12.1 Å². The summed E-state index contributed by atoms with van der Waals surface area (Å²) in [4.78, 5) is 13.0. The molecule has 2 aromatic heterocycles. The van der Waals surface area contributed by atoms with Crippen LogP contribution in [0.4, 0.5) is 5.95 Å². The van der Waals surface area contributed by atoms with Crippen LogP contribution < -0.4 is 11.3 Å². The van der Waals surface area contributed by atoms with Crippen molar-refractivity contribution in [3.05, 3.63) is 29.5 Å². The first-order valence-corrected chi connectivity index (χ1v) is 6.15. The van der Waals surface area contributed by atoms with E-state index >= 15 is 0 Å². The molecule has 1 aliphatic rings. The van der Waals surface area contributed by atoms with Crippen LogP contribution >= 0.6 is 0 Å². The van der Waals surface area contributed by atoms with E-state index in [2.05, 4.69) is 20.4 Å². The molecule has 1 aliphatic carbocycles. The molecule has 0 aromatic carbocycles. The molecule has 2 aromatic rings. The number of nitrogens with zero attached hydrogens (tertiary/aromatic N) is 4. The van der Waals surface area contributed by atoms with Crippen LogP contribution in [0.5, 0.6) is 0 Å². The van der Waals surface area contributed by atoms with Crippen molar-refractivity contribution in [1.82, 2.24) is 19.5 Å². The Morgan fingerprint density at radius 2 is 2.11 bits per heavy atom. The third-order valence-corrected chi connectivity index (χ3v) is 3.25.